The van der Waals surface area contributed by atoms with E-state index in [9.17, 15) is 0 Å². The zero-order valence-corrected chi connectivity index (χ0v) is 11.9. The first-order valence-electron chi connectivity index (χ1n) is 6.80. The first-order chi connectivity index (χ1) is 10.7. The number of hydrogen-bond donors (Lipinski definition) is 1. The molecule has 4 rings (SSSR count). The van der Waals surface area contributed by atoms with Crippen molar-refractivity contribution in [1.82, 2.24) is 24.7 Å². The van der Waals surface area contributed by atoms with E-state index in [0.29, 0.717) is 17.3 Å². The third kappa shape index (κ3) is 1.85. The van der Waals surface area contributed by atoms with E-state index < -0.39 is 0 Å². The van der Waals surface area contributed by atoms with Gasteiger partial charge in [0.15, 0.2) is 0 Å². The molecule has 0 atom stereocenters. The van der Waals surface area contributed by atoms with Gasteiger partial charge in [-0.15, -0.1) is 0 Å². The SMILES string of the molecule is C=C(c1cnc[nH]1)c1nc(-c2cn(C)c3ccccc23)no1. The molecule has 0 saturated carbocycles. The van der Waals surface area contributed by atoms with Crippen LogP contribution in [0.25, 0.3) is 27.9 Å². The molecule has 1 aromatic carbocycles. The van der Waals surface area contributed by atoms with E-state index in [-0.39, 0.29) is 0 Å². The lowest BCUT2D eigenvalue weighted by atomic mass is 10.1. The Morgan fingerprint density at radius 1 is 1.32 bits per heavy atom. The predicted octanol–water partition coefficient (Wildman–Crippen LogP) is 3.01. The first-order valence-corrected chi connectivity index (χ1v) is 6.80. The molecule has 0 saturated heterocycles. The number of nitrogens with zero attached hydrogens (tertiary/aromatic N) is 4. The van der Waals surface area contributed by atoms with Gasteiger partial charge in [0.05, 0.1) is 23.8 Å². The number of aromatic amines is 1. The van der Waals surface area contributed by atoms with Crippen LogP contribution in [0.3, 0.4) is 0 Å². The molecule has 6 nitrogen and oxygen atoms in total. The second-order valence-electron chi connectivity index (χ2n) is 5.04. The third-order valence-electron chi connectivity index (χ3n) is 3.65. The molecule has 108 valence electrons. The van der Waals surface area contributed by atoms with Crippen molar-refractivity contribution in [2.75, 3.05) is 0 Å². The number of H-pyrrole nitrogens is 1. The molecule has 0 aliphatic heterocycles. The lowest BCUT2D eigenvalue weighted by Gasteiger charge is -1.94. The number of nitrogens with one attached hydrogen (secondary N) is 1. The minimum atomic E-state index is 0.382. The Morgan fingerprint density at radius 3 is 3.00 bits per heavy atom. The van der Waals surface area contributed by atoms with E-state index >= 15 is 0 Å². The van der Waals surface area contributed by atoms with Gasteiger partial charge in [0.1, 0.15) is 0 Å². The van der Waals surface area contributed by atoms with Gasteiger partial charge in [-0.2, -0.15) is 4.98 Å². The molecule has 3 heterocycles. The van der Waals surface area contributed by atoms with Crippen LogP contribution in [0.5, 0.6) is 0 Å². The van der Waals surface area contributed by atoms with Gasteiger partial charge >= 0.3 is 0 Å². The normalized spacial score (nSPS) is 11.1. The Morgan fingerprint density at radius 2 is 2.18 bits per heavy atom. The minimum absolute atomic E-state index is 0.382. The molecule has 4 aromatic rings. The van der Waals surface area contributed by atoms with Crippen LogP contribution in [-0.4, -0.2) is 24.7 Å². The standard InChI is InChI=1S/C16H13N5O/c1-10(13-7-17-9-18-13)16-19-15(20-22-16)12-8-21(2)14-6-4-3-5-11(12)14/h3-9H,1H2,2H3,(H,17,18). The van der Waals surface area contributed by atoms with Crippen molar-refractivity contribution in [1.29, 1.82) is 0 Å². The number of hydrogen-bond acceptors (Lipinski definition) is 4. The number of benzene rings is 1. The lowest BCUT2D eigenvalue weighted by Crippen LogP contribution is -1.86. The van der Waals surface area contributed by atoms with Crippen LogP contribution < -0.4 is 0 Å². The monoisotopic (exact) mass is 291 g/mol. The Labute approximate surface area is 126 Å². The average Bonchev–Trinajstić information content (AvgIpc) is 3.27. The maximum atomic E-state index is 5.35. The second-order valence-corrected chi connectivity index (χ2v) is 5.04. The fraction of sp³-hybridized carbons (Fsp3) is 0.0625. The maximum absolute atomic E-state index is 5.35. The van der Waals surface area contributed by atoms with E-state index in [4.69, 9.17) is 4.52 Å². The van der Waals surface area contributed by atoms with Crippen LogP contribution >= 0.6 is 0 Å². The molecule has 1 N–H and O–H groups in total. The van der Waals surface area contributed by atoms with E-state index in [0.717, 1.165) is 22.2 Å². The van der Waals surface area contributed by atoms with Crippen LogP contribution in [0.2, 0.25) is 0 Å². The van der Waals surface area contributed by atoms with Gasteiger partial charge in [0.25, 0.3) is 5.89 Å². The summed E-state index contributed by atoms with van der Waals surface area (Å²) in [7, 11) is 2.00. The Kier molecular flexibility index (Phi) is 2.69. The molecular weight excluding hydrogens is 278 g/mol. The van der Waals surface area contributed by atoms with Gasteiger partial charge in [0, 0.05) is 29.7 Å². The largest absolute Gasteiger partial charge is 0.350 e. The van der Waals surface area contributed by atoms with Gasteiger partial charge in [0.2, 0.25) is 5.82 Å². The summed E-state index contributed by atoms with van der Waals surface area (Å²) in [6.45, 7) is 3.97. The molecule has 6 heteroatoms. The van der Waals surface area contributed by atoms with Gasteiger partial charge < -0.3 is 14.1 Å². The topological polar surface area (TPSA) is 72.5 Å². The lowest BCUT2D eigenvalue weighted by molar-refractivity contribution is 0.409. The van der Waals surface area contributed by atoms with Gasteiger partial charge in [-0.1, -0.05) is 29.9 Å². The summed E-state index contributed by atoms with van der Waals surface area (Å²) >= 11 is 0. The Balaban J connectivity index is 1.79. The number of aryl methyl sites for hydroxylation is 1. The zero-order valence-electron chi connectivity index (χ0n) is 11.9. The molecule has 0 bridgehead atoms. The highest BCUT2D eigenvalue weighted by Crippen LogP contribution is 2.29. The predicted molar refractivity (Wildman–Crippen MR) is 82.9 cm³/mol. The molecule has 0 amide bonds. The van der Waals surface area contributed by atoms with Crippen LogP contribution in [0.1, 0.15) is 11.6 Å². The van der Waals surface area contributed by atoms with Crippen LogP contribution in [0.4, 0.5) is 0 Å². The highest BCUT2D eigenvalue weighted by Gasteiger charge is 2.17. The van der Waals surface area contributed by atoms with Gasteiger partial charge in [-0.05, 0) is 6.07 Å². The number of para-hydroxylation sites is 1. The summed E-state index contributed by atoms with van der Waals surface area (Å²) in [5.41, 5.74) is 3.44. The zero-order chi connectivity index (χ0) is 15.1. The van der Waals surface area contributed by atoms with Crippen molar-refractivity contribution in [2.45, 2.75) is 0 Å². The van der Waals surface area contributed by atoms with Crippen molar-refractivity contribution < 1.29 is 4.52 Å². The van der Waals surface area contributed by atoms with E-state index in [1.165, 1.54) is 0 Å². The maximum Gasteiger partial charge on any atom is 0.259 e. The van der Waals surface area contributed by atoms with Crippen LogP contribution in [0.15, 0.2) is 54.1 Å². The molecular formula is C16H13N5O. The van der Waals surface area contributed by atoms with Crippen molar-refractivity contribution in [3.8, 4) is 11.4 Å². The number of rotatable bonds is 3. The van der Waals surface area contributed by atoms with Crippen molar-refractivity contribution >= 4 is 16.5 Å². The summed E-state index contributed by atoms with van der Waals surface area (Å²) in [4.78, 5) is 11.4. The molecule has 22 heavy (non-hydrogen) atoms. The summed E-state index contributed by atoms with van der Waals surface area (Å²) in [6, 6.07) is 8.11. The molecule has 0 radical (unpaired) electrons. The van der Waals surface area contributed by atoms with Gasteiger partial charge in [-0.25, -0.2) is 4.98 Å². The van der Waals surface area contributed by atoms with Crippen molar-refractivity contribution in [2.24, 2.45) is 7.05 Å². The smallest absolute Gasteiger partial charge is 0.259 e. The number of fused-ring (bicyclic) bond motifs is 1. The first kappa shape index (κ1) is 12.6. The number of aromatic nitrogens is 5. The molecule has 3 aromatic heterocycles. The van der Waals surface area contributed by atoms with Gasteiger partial charge in [-0.3, -0.25) is 0 Å². The molecule has 0 unspecified atom stereocenters. The van der Waals surface area contributed by atoms with E-state index in [2.05, 4.69) is 32.8 Å². The summed E-state index contributed by atoms with van der Waals surface area (Å²) in [5.74, 6) is 0.930. The third-order valence-corrected chi connectivity index (χ3v) is 3.65. The highest BCUT2D eigenvalue weighted by atomic mass is 16.5. The summed E-state index contributed by atoms with van der Waals surface area (Å²) < 4.78 is 7.39. The Bertz CT molecular complexity index is 962. The highest BCUT2D eigenvalue weighted by molar-refractivity contribution is 5.94. The Hall–Kier alpha value is -3.15. The van der Waals surface area contributed by atoms with Crippen LogP contribution in [0, 0.1) is 0 Å². The minimum Gasteiger partial charge on any atom is -0.350 e. The average molecular weight is 291 g/mol. The van der Waals surface area contributed by atoms with E-state index in [1.807, 2.05) is 36.0 Å². The fourth-order valence-electron chi connectivity index (χ4n) is 2.51. The van der Waals surface area contributed by atoms with E-state index in [1.54, 1.807) is 12.5 Å². The molecule has 0 fully saturated rings. The van der Waals surface area contributed by atoms with Crippen molar-refractivity contribution in [3.05, 3.63) is 61.2 Å². The summed E-state index contributed by atoms with van der Waals surface area (Å²) in [5, 5.41) is 5.17. The molecule has 0 spiro atoms. The molecule has 0 aliphatic carbocycles. The number of imidazole rings is 1. The second kappa shape index (κ2) is 4.70. The van der Waals surface area contributed by atoms with Crippen molar-refractivity contribution in [3.63, 3.8) is 0 Å². The quantitative estimate of drug-likeness (QED) is 0.629. The molecule has 0 aliphatic rings. The summed E-state index contributed by atoms with van der Waals surface area (Å²) in [6.07, 6.45) is 5.25. The fourth-order valence-corrected chi connectivity index (χ4v) is 2.51. The van der Waals surface area contributed by atoms with Crippen LogP contribution in [-0.2, 0) is 7.05 Å².